The lowest BCUT2D eigenvalue weighted by Gasteiger charge is -2.19. The van der Waals surface area contributed by atoms with Gasteiger partial charge in [0.2, 0.25) is 0 Å². The van der Waals surface area contributed by atoms with Gasteiger partial charge in [-0.25, -0.2) is 4.79 Å². The zero-order valence-electron chi connectivity index (χ0n) is 15.8. The van der Waals surface area contributed by atoms with E-state index in [9.17, 15) is 4.79 Å². The van der Waals surface area contributed by atoms with Gasteiger partial charge in [-0.05, 0) is 56.2 Å². The van der Waals surface area contributed by atoms with Crippen molar-refractivity contribution >= 4 is 32.8 Å². The fourth-order valence-corrected chi connectivity index (χ4v) is 3.56. The molecule has 5 heteroatoms. The molecule has 0 fully saturated rings. The maximum atomic E-state index is 12.2. The molecule has 27 heavy (non-hydrogen) atoms. The van der Waals surface area contributed by atoms with Gasteiger partial charge in [-0.3, -0.25) is 0 Å². The average molecular weight is 425 g/mol. The molecule has 0 amide bonds. The Bertz CT molecular complexity index is 1070. The summed E-state index contributed by atoms with van der Waals surface area (Å²) in [6, 6.07) is 13.5. The van der Waals surface area contributed by atoms with Crippen LogP contribution in [0.25, 0.3) is 10.9 Å². The van der Waals surface area contributed by atoms with Gasteiger partial charge in [0.15, 0.2) is 0 Å². The predicted octanol–water partition coefficient (Wildman–Crippen LogP) is 5.36. The van der Waals surface area contributed by atoms with Crippen molar-refractivity contribution in [2.45, 2.75) is 32.8 Å². The number of benzene rings is 2. The van der Waals surface area contributed by atoms with Crippen LogP contribution in [0.1, 0.15) is 47.8 Å². The smallest absolute Gasteiger partial charge is 0.338 e. The zero-order valence-corrected chi connectivity index (χ0v) is 17.4. The van der Waals surface area contributed by atoms with Gasteiger partial charge in [0.25, 0.3) is 0 Å². The summed E-state index contributed by atoms with van der Waals surface area (Å²) in [6.45, 7) is 5.56. The Hall–Kier alpha value is -2.58. The number of fused-ring (bicyclic) bond motifs is 1. The van der Waals surface area contributed by atoms with E-state index in [1.165, 1.54) is 5.56 Å². The van der Waals surface area contributed by atoms with E-state index in [0.717, 1.165) is 27.4 Å². The number of rotatable bonds is 3. The summed E-state index contributed by atoms with van der Waals surface area (Å²) in [7, 11) is 1.98. The van der Waals surface area contributed by atoms with Gasteiger partial charge in [-0.1, -0.05) is 28.1 Å². The normalized spacial score (nSPS) is 11.4. The lowest BCUT2D eigenvalue weighted by Crippen LogP contribution is -2.23. The lowest BCUT2D eigenvalue weighted by atomic mass is 10.0. The highest BCUT2D eigenvalue weighted by atomic mass is 79.9. The van der Waals surface area contributed by atoms with Crippen molar-refractivity contribution in [3.63, 3.8) is 0 Å². The number of aryl methyl sites for hydroxylation is 1. The summed E-state index contributed by atoms with van der Waals surface area (Å²) in [5.41, 5.74) is 3.94. The van der Waals surface area contributed by atoms with Crippen molar-refractivity contribution in [2.24, 2.45) is 7.05 Å². The van der Waals surface area contributed by atoms with E-state index < -0.39 is 5.60 Å². The standard InChI is InChI=1S/C22H21BrN2O2/c1-22(2,3)27-21(26)16-7-6-15(19(23)11-16)10-17-13-25(4)20-9-14(12-24)5-8-18(17)20/h5-9,11,13H,10H2,1-4H3. The molecular formula is C22H21BrN2O2. The van der Waals surface area contributed by atoms with Gasteiger partial charge in [0.1, 0.15) is 5.60 Å². The molecule has 1 aromatic heterocycles. The van der Waals surface area contributed by atoms with E-state index in [1.807, 2.05) is 62.7 Å². The fraction of sp³-hybridized carbons (Fsp3) is 0.273. The third kappa shape index (κ3) is 4.23. The third-order valence-corrected chi connectivity index (χ3v) is 5.01. The number of halogens is 1. The Kier molecular flexibility index (Phi) is 5.12. The summed E-state index contributed by atoms with van der Waals surface area (Å²) in [5.74, 6) is -0.330. The van der Waals surface area contributed by atoms with Crippen molar-refractivity contribution < 1.29 is 9.53 Å². The first-order chi connectivity index (χ1) is 12.7. The largest absolute Gasteiger partial charge is 0.456 e. The number of carbonyl (C=O) groups excluding carboxylic acids is 1. The second-order valence-corrected chi connectivity index (χ2v) is 8.45. The molecule has 0 bridgehead atoms. The number of carbonyl (C=O) groups is 1. The van der Waals surface area contributed by atoms with Crippen molar-refractivity contribution in [2.75, 3.05) is 0 Å². The topological polar surface area (TPSA) is 55.0 Å². The van der Waals surface area contributed by atoms with Gasteiger partial charge in [-0.15, -0.1) is 0 Å². The minimum atomic E-state index is -0.520. The van der Waals surface area contributed by atoms with Crippen LogP contribution in [-0.4, -0.2) is 16.1 Å². The Morgan fingerprint density at radius 3 is 2.56 bits per heavy atom. The van der Waals surface area contributed by atoms with Gasteiger partial charge in [0, 0.05) is 35.0 Å². The van der Waals surface area contributed by atoms with Crippen molar-refractivity contribution in [3.05, 3.63) is 69.3 Å². The molecule has 0 unspecified atom stereocenters. The van der Waals surface area contributed by atoms with Gasteiger partial charge in [0.05, 0.1) is 17.2 Å². The van der Waals surface area contributed by atoms with Crippen LogP contribution in [0.2, 0.25) is 0 Å². The van der Waals surface area contributed by atoms with E-state index in [0.29, 0.717) is 11.1 Å². The minimum absolute atomic E-state index is 0.330. The zero-order chi connectivity index (χ0) is 19.8. The minimum Gasteiger partial charge on any atom is -0.456 e. The molecule has 0 saturated heterocycles. The molecule has 1 heterocycles. The van der Waals surface area contributed by atoms with Crippen LogP contribution in [0.5, 0.6) is 0 Å². The van der Waals surface area contributed by atoms with E-state index >= 15 is 0 Å². The van der Waals surface area contributed by atoms with Crippen LogP contribution in [0.15, 0.2) is 47.1 Å². The number of aromatic nitrogens is 1. The molecule has 4 nitrogen and oxygen atoms in total. The Morgan fingerprint density at radius 1 is 1.19 bits per heavy atom. The van der Waals surface area contributed by atoms with Crippen LogP contribution >= 0.6 is 15.9 Å². The van der Waals surface area contributed by atoms with Crippen molar-refractivity contribution in [1.82, 2.24) is 4.57 Å². The molecule has 0 aliphatic rings. The molecule has 0 radical (unpaired) electrons. The summed E-state index contributed by atoms with van der Waals surface area (Å²) >= 11 is 3.59. The number of esters is 1. The summed E-state index contributed by atoms with van der Waals surface area (Å²) in [4.78, 5) is 12.2. The van der Waals surface area contributed by atoms with Crippen molar-refractivity contribution in [1.29, 1.82) is 5.26 Å². The van der Waals surface area contributed by atoms with Crippen LogP contribution in [0.4, 0.5) is 0 Å². The first-order valence-corrected chi connectivity index (χ1v) is 9.47. The van der Waals surface area contributed by atoms with Crippen LogP contribution in [-0.2, 0) is 18.2 Å². The molecule has 138 valence electrons. The number of hydrogen-bond donors (Lipinski definition) is 0. The first-order valence-electron chi connectivity index (χ1n) is 8.68. The lowest BCUT2D eigenvalue weighted by molar-refractivity contribution is 0.00694. The van der Waals surface area contributed by atoms with Crippen molar-refractivity contribution in [3.8, 4) is 6.07 Å². The third-order valence-electron chi connectivity index (χ3n) is 4.27. The highest BCUT2D eigenvalue weighted by Gasteiger charge is 2.19. The predicted molar refractivity (Wildman–Crippen MR) is 110 cm³/mol. The van der Waals surface area contributed by atoms with Crippen LogP contribution in [0, 0.1) is 11.3 Å². The molecule has 0 atom stereocenters. The molecule has 0 aliphatic carbocycles. The molecule has 0 spiro atoms. The molecular weight excluding hydrogens is 404 g/mol. The summed E-state index contributed by atoms with van der Waals surface area (Å²) < 4.78 is 8.34. The number of nitriles is 1. The molecule has 0 saturated carbocycles. The first kappa shape index (κ1) is 19.2. The highest BCUT2D eigenvalue weighted by Crippen LogP contribution is 2.28. The second kappa shape index (κ2) is 7.21. The van der Waals surface area contributed by atoms with Crippen LogP contribution in [0.3, 0.4) is 0 Å². The maximum Gasteiger partial charge on any atom is 0.338 e. The molecule has 2 aromatic carbocycles. The molecule has 0 N–H and O–H groups in total. The van der Waals surface area contributed by atoms with Gasteiger partial charge < -0.3 is 9.30 Å². The Morgan fingerprint density at radius 2 is 1.93 bits per heavy atom. The summed E-state index contributed by atoms with van der Waals surface area (Å²) in [6.07, 6.45) is 2.80. The van der Waals surface area contributed by atoms with Gasteiger partial charge in [-0.2, -0.15) is 5.26 Å². The highest BCUT2D eigenvalue weighted by molar-refractivity contribution is 9.10. The number of hydrogen-bond acceptors (Lipinski definition) is 3. The quantitative estimate of drug-likeness (QED) is 0.531. The fourth-order valence-electron chi connectivity index (χ4n) is 3.04. The van der Waals surface area contributed by atoms with Crippen LogP contribution < -0.4 is 0 Å². The second-order valence-electron chi connectivity index (χ2n) is 7.59. The molecule has 3 aromatic rings. The van der Waals surface area contributed by atoms with E-state index in [1.54, 1.807) is 6.07 Å². The number of ether oxygens (including phenoxy) is 1. The monoisotopic (exact) mass is 424 g/mol. The van der Waals surface area contributed by atoms with E-state index in [-0.39, 0.29) is 5.97 Å². The van der Waals surface area contributed by atoms with E-state index in [4.69, 9.17) is 10.00 Å². The Labute approximate surface area is 167 Å². The number of nitrogens with zero attached hydrogens (tertiary/aromatic N) is 2. The average Bonchev–Trinajstić information content (AvgIpc) is 2.90. The Balaban J connectivity index is 1.90. The molecule has 3 rings (SSSR count). The maximum absolute atomic E-state index is 12.2. The summed E-state index contributed by atoms with van der Waals surface area (Å²) in [5, 5.41) is 10.2. The van der Waals surface area contributed by atoms with Gasteiger partial charge >= 0.3 is 5.97 Å². The SMILES string of the molecule is Cn1cc(Cc2ccc(C(=O)OC(C)(C)C)cc2Br)c2ccc(C#N)cc21. The van der Waals surface area contributed by atoms with E-state index in [2.05, 4.69) is 28.2 Å². The molecule has 0 aliphatic heterocycles.